The third-order valence-electron chi connectivity index (χ3n) is 4.54. The number of aliphatic hydroxyl groups is 1. The van der Waals surface area contributed by atoms with E-state index in [1.54, 1.807) is 6.20 Å². The molecule has 1 atom stereocenters. The van der Waals surface area contributed by atoms with Crippen LogP contribution in [-0.2, 0) is 17.6 Å². The Hall–Kier alpha value is -2.48. The number of hydrogen-bond donors (Lipinski definition) is 2. The number of anilines is 1. The molecule has 0 radical (unpaired) electrons. The molecule has 1 saturated heterocycles. The van der Waals surface area contributed by atoms with Crippen molar-refractivity contribution in [3.05, 3.63) is 36.1 Å². The summed E-state index contributed by atoms with van der Waals surface area (Å²) in [7, 11) is 0. The minimum Gasteiger partial charge on any atom is -0.386 e. The highest BCUT2D eigenvalue weighted by atomic mass is 16.5. The van der Waals surface area contributed by atoms with E-state index in [0.29, 0.717) is 37.5 Å². The number of β-amino-alcohol motifs (C(OH)–C–C–N with tert-alkyl or cyclic N) is 1. The number of hydrogen-bond acceptors (Lipinski definition) is 7. The summed E-state index contributed by atoms with van der Waals surface area (Å²) in [5.41, 5.74) is -0.953. The molecule has 26 heavy (non-hydrogen) atoms. The molecule has 1 amide bonds. The normalized spacial score (nSPS) is 20.2. The Balaban J connectivity index is 1.47. The van der Waals surface area contributed by atoms with Gasteiger partial charge in [0.05, 0.1) is 5.60 Å². The third-order valence-corrected chi connectivity index (χ3v) is 4.54. The highest BCUT2D eigenvalue weighted by Crippen LogP contribution is 2.24. The van der Waals surface area contributed by atoms with E-state index in [-0.39, 0.29) is 18.9 Å². The maximum atomic E-state index is 12.1. The van der Waals surface area contributed by atoms with Crippen LogP contribution in [0.3, 0.4) is 0 Å². The first-order valence-electron chi connectivity index (χ1n) is 9.04. The molecular formula is C18H25N5O3. The number of carbonyl (C=O) groups is 1. The highest BCUT2D eigenvalue weighted by molar-refractivity contribution is 5.76. The monoisotopic (exact) mass is 359 g/mol. The molecule has 8 nitrogen and oxygen atoms in total. The van der Waals surface area contributed by atoms with E-state index in [1.807, 2.05) is 25.1 Å². The summed E-state index contributed by atoms with van der Waals surface area (Å²) in [6.45, 7) is 3.47. The highest BCUT2D eigenvalue weighted by Gasteiger charge is 2.34. The maximum absolute atomic E-state index is 12.1. The van der Waals surface area contributed by atoms with Gasteiger partial charge in [-0.05, 0) is 25.0 Å². The van der Waals surface area contributed by atoms with Crippen molar-refractivity contribution in [2.45, 2.75) is 44.6 Å². The standard InChI is InChI=1S/C18H25N5O3/c1-2-14-21-17(26-22-14)8-7-16(24)20-12-18(25)9-5-11-23(13-18)15-6-3-4-10-19-15/h3-4,6,10,25H,2,5,7-9,11-13H2,1H3,(H,20,24)/t18-/m0/s1. The number of piperidine rings is 1. The molecule has 1 aliphatic rings. The van der Waals surface area contributed by atoms with Crippen molar-refractivity contribution < 1.29 is 14.4 Å². The molecule has 3 heterocycles. The summed E-state index contributed by atoms with van der Waals surface area (Å²) in [5, 5.41) is 17.5. The van der Waals surface area contributed by atoms with Crippen molar-refractivity contribution >= 4 is 11.7 Å². The quantitative estimate of drug-likeness (QED) is 0.763. The second-order valence-corrected chi connectivity index (χ2v) is 6.67. The Bertz CT molecular complexity index is 721. The number of aromatic nitrogens is 3. The van der Waals surface area contributed by atoms with Crippen LogP contribution in [0.1, 0.15) is 37.9 Å². The van der Waals surface area contributed by atoms with Crippen LogP contribution in [0.4, 0.5) is 5.82 Å². The minimum absolute atomic E-state index is 0.135. The molecule has 0 unspecified atom stereocenters. The lowest BCUT2D eigenvalue weighted by Crippen LogP contribution is -2.54. The summed E-state index contributed by atoms with van der Waals surface area (Å²) in [4.78, 5) is 22.7. The van der Waals surface area contributed by atoms with Gasteiger partial charge in [0.1, 0.15) is 5.82 Å². The molecule has 0 aliphatic carbocycles. The van der Waals surface area contributed by atoms with Crippen molar-refractivity contribution in [1.29, 1.82) is 0 Å². The van der Waals surface area contributed by atoms with Crippen LogP contribution in [0.25, 0.3) is 0 Å². The van der Waals surface area contributed by atoms with Gasteiger partial charge in [-0.15, -0.1) is 0 Å². The first-order chi connectivity index (χ1) is 12.6. The molecule has 2 aromatic heterocycles. The topological polar surface area (TPSA) is 104 Å². The fourth-order valence-electron chi connectivity index (χ4n) is 3.10. The zero-order valence-electron chi connectivity index (χ0n) is 15.0. The number of nitrogens with one attached hydrogen (secondary N) is 1. The van der Waals surface area contributed by atoms with Crippen LogP contribution in [0.2, 0.25) is 0 Å². The van der Waals surface area contributed by atoms with Gasteiger partial charge in [-0.25, -0.2) is 4.98 Å². The first kappa shape index (κ1) is 18.3. The van der Waals surface area contributed by atoms with Crippen molar-refractivity contribution in [2.24, 2.45) is 0 Å². The fourth-order valence-corrected chi connectivity index (χ4v) is 3.10. The van der Waals surface area contributed by atoms with Crippen LogP contribution in [0, 0.1) is 0 Å². The average Bonchev–Trinajstić information content (AvgIpc) is 3.14. The zero-order valence-corrected chi connectivity index (χ0v) is 15.0. The van der Waals surface area contributed by atoms with Crippen LogP contribution < -0.4 is 10.2 Å². The number of aryl methyl sites for hydroxylation is 2. The SMILES string of the molecule is CCc1noc(CCC(=O)NC[C@@]2(O)CCCN(c3ccccn3)C2)n1. The molecule has 0 spiro atoms. The van der Waals surface area contributed by atoms with Gasteiger partial charge in [-0.1, -0.05) is 18.1 Å². The van der Waals surface area contributed by atoms with Gasteiger partial charge < -0.3 is 19.8 Å². The predicted molar refractivity (Wildman–Crippen MR) is 95.6 cm³/mol. The Morgan fingerprint density at radius 1 is 1.46 bits per heavy atom. The van der Waals surface area contributed by atoms with Gasteiger partial charge in [0.25, 0.3) is 0 Å². The van der Waals surface area contributed by atoms with Gasteiger partial charge in [-0.3, -0.25) is 4.79 Å². The smallest absolute Gasteiger partial charge is 0.227 e. The Kier molecular flexibility index (Phi) is 5.82. The molecule has 8 heteroatoms. The number of pyridine rings is 1. The second kappa shape index (κ2) is 8.27. The lowest BCUT2D eigenvalue weighted by molar-refractivity contribution is -0.122. The summed E-state index contributed by atoms with van der Waals surface area (Å²) >= 11 is 0. The van der Waals surface area contributed by atoms with E-state index in [9.17, 15) is 9.90 Å². The zero-order chi connectivity index (χ0) is 18.4. The molecule has 0 aromatic carbocycles. The first-order valence-corrected chi connectivity index (χ1v) is 9.04. The van der Waals surface area contributed by atoms with E-state index >= 15 is 0 Å². The van der Waals surface area contributed by atoms with Crippen molar-refractivity contribution in [3.63, 3.8) is 0 Å². The van der Waals surface area contributed by atoms with Crippen LogP contribution in [0.15, 0.2) is 28.9 Å². The van der Waals surface area contributed by atoms with E-state index in [0.717, 1.165) is 18.8 Å². The average molecular weight is 359 g/mol. The maximum Gasteiger partial charge on any atom is 0.227 e. The number of nitrogens with zero attached hydrogens (tertiary/aromatic N) is 4. The van der Waals surface area contributed by atoms with Crippen LogP contribution in [-0.4, -0.2) is 51.4 Å². The van der Waals surface area contributed by atoms with Gasteiger partial charge >= 0.3 is 0 Å². The molecule has 2 aromatic rings. The predicted octanol–water partition coefficient (Wildman–Crippen LogP) is 1.11. The molecule has 1 fully saturated rings. The number of rotatable bonds is 7. The van der Waals surface area contributed by atoms with Crippen LogP contribution >= 0.6 is 0 Å². The van der Waals surface area contributed by atoms with E-state index in [1.165, 1.54) is 0 Å². The van der Waals surface area contributed by atoms with Crippen molar-refractivity contribution in [1.82, 2.24) is 20.4 Å². The van der Waals surface area contributed by atoms with E-state index < -0.39 is 5.60 Å². The summed E-state index contributed by atoms with van der Waals surface area (Å²) in [5.74, 6) is 1.82. The Morgan fingerprint density at radius 2 is 2.35 bits per heavy atom. The third kappa shape index (κ3) is 4.78. The molecule has 3 rings (SSSR count). The van der Waals surface area contributed by atoms with E-state index in [2.05, 4.69) is 25.3 Å². The van der Waals surface area contributed by atoms with Crippen molar-refractivity contribution in [2.75, 3.05) is 24.5 Å². The molecule has 2 N–H and O–H groups in total. The molecule has 0 bridgehead atoms. The summed E-state index contributed by atoms with van der Waals surface area (Å²) in [6.07, 6.45) is 4.61. The molecule has 1 aliphatic heterocycles. The lowest BCUT2D eigenvalue weighted by Gasteiger charge is -2.39. The summed E-state index contributed by atoms with van der Waals surface area (Å²) in [6, 6.07) is 5.73. The number of amides is 1. The second-order valence-electron chi connectivity index (χ2n) is 6.67. The fraction of sp³-hybridized carbons (Fsp3) is 0.556. The largest absolute Gasteiger partial charge is 0.386 e. The molecule has 0 saturated carbocycles. The van der Waals surface area contributed by atoms with Gasteiger partial charge in [0, 0.05) is 45.1 Å². The number of carbonyl (C=O) groups excluding carboxylic acids is 1. The van der Waals surface area contributed by atoms with Gasteiger partial charge in [0.2, 0.25) is 11.8 Å². The van der Waals surface area contributed by atoms with E-state index in [4.69, 9.17) is 4.52 Å². The minimum atomic E-state index is -0.953. The van der Waals surface area contributed by atoms with Crippen molar-refractivity contribution in [3.8, 4) is 0 Å². The molecule has 140 valence electrons. The van der Waals surface area contributed by atoms with Gasteiger partial charge in [-0.2, -0.15) is 4.98 Å². The van der Waals surface area contributed by atoms with Gasteiger partial charge in [0.15, 0.2) is 5.82 Å². The lowest BCUT2D eigenvalue weighted by atomic mass is 9.92. The Labute approximate surface area is 152 Å². The Morgan fingerprint density at radius 3 is 3.08 bits per heavy atom. The van der Waals surface area contributed by atoms with Crippen LogP contribution in [0.5, 0.6) is 0 Å². The molecular weight excluding hydrogens is 334 g/mol. The summed E-state index contributed by atoms with van der Waals surface area (Å²) < 4.78 is 5.08.